The van der Waals surface area contributed by atoms with Crippen LogP contribution in [0.3, 0.4) is 0 Å². The zero-order valence-electron chi connectivity index (χ0n) is 16.9. The van der Waals surface area contributed by atoms with E-state index in [1.807, 2.05) is 12.1 Å². The lowest BCUT2D eigenvalue weighted by Crippen LogP contribution is -1.87. The van der Waals surface area contributed by atoms with Gasteiger partial charge in [0.25, 0.3) is 0 Å². The molecule has 31 heavy (non-hydrogen) atoms. The van der Waals surface area contributed by atoms with Gasteiger partial charge in [-0.1, -0.05) is 109 Å². The number of nitrogens with one attached hydrogen (secondary N) is 1. The van der Waals surface area contributed by atoms with E-state index in [9.17, 15) is 0 Å². The van der Waals surface area contributed by atoms with Crippen molar-refractivity contribution in [2.45, 2.75) is 0 Å². The number of aromatic nitrogens is 2. The van der Waals surface area contributed by atoms with Crippen molar-refractivity contribution in [1.82, 2.24) is 9.97 Å². The molecule has 1 heterocycles. The Hall–Kier alpha value is -4.17. The minimum atomic E-state index is 0.894. The number of fused-ring (bicyclic) bond motifs is 2. The number of imidazole rings is 1. The Balaban J connectivity index is 1.70. The first-order valence-corrected chi connectivity index (χ1v) is 10.5. The summed E-state index contributed by atoms with van der Waals surface area (Å²) < 4.78 is 0. The van der Waals surface area contributed by atoms with Gasteiger partial charge in [0.15, 0.2) is 0 Å². The Kier molecular flexibility index (Phi) is 4.14. The van der Waals surface area contributed by atoms with E-state index in [0.29, 0.717) is 0 Å². The molecular weight excluding hydrogens is 376 g/mol. The van der Waals surface area contributed by atoms with E-state index in [1.165, 1.54) is 21.5 Å². The SMILES string of the molecule is c1ccc(-c2nc(-c3c4ccccc4cc4ccccc34)[nH]c2-c2ccccc2)cc1. The molecule has 0 amide bonds. The Morgan fingerprint density at radius 3 is 1.65 bits per heavy atom. The molecule has 0 saturated carbocycles. The summed E-state index contributed by atoms with van der Waals surface area (Å²) in [5, 5.41) is 4.84. The molecule has 0 spiro atoms. The minimum absolute atomic E-state index is 0.894. The standard InChI is InChI=1S/C29H20N2/c1-3-11-20(12-4-1)27-28(21-13-5-2-6-14-21)31-29(30-27)26-24-17-9-7-15-22(24)19-23-16-8-10-18-25(23)26/h1-19H,(H,30,31). The van der Waals surface area contributed by atoms with Crippen molar-refractivity contribution in [3.05, 3.63) is 115 Å². The Morgan fingerprint density at radius 2 is 1.03 bits per heavy atom. The van der Waals surface area contributed by atoms with Crippen molar-refractivity contribution in [2.24, 2.45) is 0 Å². The summed E-state index contributed by atoms with van der Waals surface area (Å²) >= 11 is 0. The van der Waals surface area contributed by atoms with E-state index in [0.717, 1.165) is 33.9 Å². The number of hydrogen-bond donors (Lipinski definition) is 1. The van der Waals surface area contributed by atoms with Crippen molar-refractivity contribution in [3.63, 3.8) is 0 Å². The first-order valence-electron chi connectivity index (χ1n) is 10.5. The van der Waals surface area contributed by atoms with Gasteiger partial charge in [-0.15, -0.1) is 0 Å². The first-order chi connectivity index (χ1) is 15.4. The second-order valence-electron chi connectivity index (χ2n) is 7.73. The number of aromatic amines is 1. The summed E-state index contributed by atoms with van der Waals surface area (Å²) in [6.07, 6.45) is 0. The smallest absolute Gasteiger partial charge is 0.139 e. The summed E-state index contributed by atoms with van der Waals surface area (Å²) in [6, 6.07) is 40.2. The molecule has 0 unspecified atom stereocenters. The van der Waals surface area contributed by atoms with Crippen LogP contribution in [0.1, 0.15) is 0 Å². The average Bonchev–Trinajstić information content (AvgIpc) is 3.28. The molecule has 0 bridgehead atoms. The van der Waals surface area contributed by atoms with Crippen LogP contribution in [0.2, 0.25) is 0 Å². The lowest BCUT2D eigenvalue weighted by atomic mass is 9.96. The van der Waals surface area contributed by atoms with Gasteiger partial charge in [0, 0.05) is 16.7 Å². The molecule has 0 aliphatic heterocycles. The molecule has 1 aromatic heterocycles. The van der Waals surface area contributed by atoms with E-state index < -0.39 is 0 Å². The third-order valence-electron chi connectivity index (χ3n) is 5.82. The van der Waals surface area contributed by atoms with Gasteiger partial charge in [0.2, 0.25) is 0 Å². The third-order valence-corrected chi connectivity index (χ3v) is 5.82. The monoisotopic (exact) mass is 396 g/mol. The summed E-state index contributed by atoms with van der Waals surface area (Å²) in [5.74, 6) is 0.894. The highest BCUT2D eigenvalue weighted by molar-refractivity contribution is 6.12. The molecule has 0 fully saturated rings. The van der Waals surface area contributed by atoms with Gasteiger partial charge >= 0.3 is 0 Å². The van der Waals surface area contributed by atoms with Crippen LogP contribution in [-0.4, -0.2) is 9.97 Å². The van der Waals surface area contributed by atoms with E-state index in [4.69, 9.17) is 4.98 Å². The van der Waals surface area contributed by atoms with Gasteiger partial charge in [-0.25, -0.2) is 4.98 Å². The lowest BCUT2D eigenvalue weighted by Gasteiger charge is -2.09. The van der Waals surface area contributed by atoms with Gasteiger partial charge in [-0.3, -0.25) is 0 Å². The fourth-order valence-corrected chi connectivity index (χ4v) is 4.38. The van der Waals surface area contributed by atoms with Crippen LogP contribution in [-0.2, 0) is 0 Å². The van der Waals surface area contributed by atoms with E-state index >= 15 is 0 Å². The van der Waals surface area contributed by atoms with Gasteiger partial charge in [-0.2, -0.15) is 0 Å². The molecule has 1 N–H and O–H groups in total. The maximum atomic E-state index is 5.17. The van der Waals surface area contributed by atoms with Crippen molar-refractivity contribution in [1.29, 1.82) is 0 Å². The minimum Gasteiger partial charge on any atom is -0.337 e. The van der Waals surface area contributed by atoms with Crippen LogP contribution in [0.15, 0.2) is 115 Å². The number of H-pyrrole nitrogens is 1. The maximum Gasteiger partial charge on any atom is 0.139 e. The van der Waals surface area contributed by atoms with E-state index in [-0.39, 0.29) is 0 Å². The van der Waals surface area contributed by atoms with Crippen molar-refractivity contribution < 1.29 is 0 Å². The predicted octanol–water partition coefficient (Wildman–Crippen LogP) is 7.72. The largest absolute Gasteiger partial charge is 0.337 e. The van der Waals surface area contributed by atoms with Crippen molar-refractivity contribution in [2.75, 3.05) is 0 Å². The van der Waals surface area contributed by atoms with Crippen molar-refractivity contribution >= 4 is 21.5 Å². The quantitative estimate of drug-likeness (QED) is 0.305. The molecule has 5 aromatic carbocycles. The second-order valence-corrected chi connectivity index (χ2v) is 7.73. The number of benzene rings is 5. The Bertz CT molecular complexity index is 1400. The summed E-state index contributed by atoms with van der Waals surface area (Å²) in [4.78, 5) is 8.86. The molecule has 0 radical (unpaired) electrons. The lowest BCUT2D eigenvalue weighted by molar-refractivity contribution is 1.32. The summed E-state index contributed by atoms with van der Waals surface area (Å²) in [7, 11) is 0. The van der Waals surface area contributed by atoms with Crippen LogP contribution < -0.4 is 0 Å². The molecule has 2 nitrogen and oxygen atoms in total. The first kappa shape index (κ1) is 17.7. The highest BCUT2D eigenvalue weighted by atomic mass is 14.9. The normalized spacial score (nSPS) is 11.2. The maximum absolute atomic E-state index is 5.17. The molecule has 6 rings (SSSR count). The molecule has 146 valence electrons. The highest BCUT2D eigenvalue weighted by Gasteiger charge is 2.18. The topological polar surface area (TPSA) is 28.7 Å². The van der Waals surface area contributed by atoms with E-state index in [2.05, 4.69) is 108 Å². The molecule has 0 atom stereocenters. The van der Waals surface area contributed by atoms with Gasteiger partial charge in [0.1, 0.15) is 5.82 Å². The molecule has 2 heteroatoms. The Labute approximate surface area is 180 Å². The van der Waals surface area contributed by atoms with Gasteiger partial charge < -0.3 is 4.98 Å². The Morgan fingerprint density at radius 1 is 0.516 bits per heavy atom. The van der Waals surface area contributed by atoms with Gasteiger partial charge in [-0.05, 0) is 27.6 Å². The fraction of sp³-hybridized carbons (Fsp3) is 0. The third kappa shape index (κ3) is 3.01. The number of hydrogen-bond acceptors (Lipinski definition) is 1. The molecule has 0 aliphatic carbocycles. The van der Waals surface area contributed by atoms with Crippen LogP contribution in [0.25, 0.3) is 55.4 Å². The molecule has 6 aromatic rings. The van der Waals surface area contributed by atoms with Crippen LogP contribution in [0, 0.1) is 0 Å². The predicted molar refractivity (Wildman–Crippen MR) is 130 cm³/mol. The highest BCUT2D eigenvalue weighted by Crippen LogP contribution is 2.39. The fourth-order valence-electron chi connectivity index (χ4n) is 4.38. The molecular formula is C29H20N2. The van der Waals surface area contributed by atoms with Crippen molar-refractivity contribution in [3.8, 4) is 33.9 Å². The van der Waals surface area contributed by atoms with Gasteiger partial charge in [0.05, 0.1) is 11.4 Å². The van der Waals surface area contributed by atoms with E-state index in [1.54, 1.807) is 0 Å². The number of rotatable bonds is 3. The molecule has 0 aliphatic rings. The summed E-state index contributed by atoms with van der Waals surface area (Å²) in [6.45, 7) is 0. The zero-order chi connectivity index (χ0) is 20.6. The van der Waals surface area contributed by atoms with Crippen LogP contribution in [0.5, 0.6) is 0 Å². The second kappa shape index (κ2) is 7.26. The van der Waals surface area contributed by atoms with Crippen LogP contribution >= 0.6 is 0 Å². The summed E-state index contributed by atoms with van der Waals surface area (Å²) in [5.41, 5.74) is 5.39. The molecule has 0 saturated heterocycles. The van der Waals surface area contributed by atoms with Crippen LogP contribution in [0.4, 0.5) is 0 Å². The number of nitrogens with zero attached hydrogens (tertiary/aromatic N) is 1. The average molecular weight is 396 g/mol. The zero-order valence-corrected chi connectivity index (χ0v) is 16.9.